The molecule has 0 amide bonds. The summed E-state index contributed by atoms with van der Waals surface area (Å²) < 4.78 is 25.1. The molecule has 0 aliphatic heterocycles. The number of carbonyl (C=O) groups is 1. The first-order valence-corrected chi connectivity index (χ1v) is 13.5. The molecule has 3 atom stereocenters. The van der Waals surface area contributed by atoms with Gasteiger partial charge in [-0.1, -0.05) is 84.0 Å². The maximum Gasteiger partial charge on any atom is 0.305 e. The zero-order chi connectivity index (χ0) is 24.1. The maximum absolute atomic E-state index is 11.7. The SMILES string of the molecule is CCCCCCCCCCCCCCCC(=O)OC[C@@H](O)COP(=O)([O-])OCC(O)CO. The minimum atomic E-state index is -4.73. The number of carbonyl (C=O) groups excluding carboxylic acids is 1. The molecular weight excluding hydrogens is 439 g/mol. The topological polar surface area (TPSA) is 146 Å². The Hall–Kier alpha value is -0.540. The summed E-state index contributed by atoms with van der Waals surface area (Å²) in [7, 11) is -4.73. The van der Waals surface area contributed by atoms with Crippen molar-refractivity contribution in [1.82, 2.24) is 0 Å². The van der Waals surface area contributed by atoms with E-state index in [2.05, 4.69) is 16.0 Å². The number of aliphatic hydroxyl groups is 3. The molecular formula is C22H44O9P-. The highest BCUT2D eigenvalue weighted by Gasteiger charge is 2.16. The Morgan fingerprint density at radius 2 is 1.22 bits per heavy atom. The van der Waals surface area contributed by atoms with E-state index in [1.54, 1.807) is 0 Å². The van der Waals surface area contributed by atoms with Crippen molar-refractivity contribution in [1.29, 1.82) is 0 Å². The molecule has 0 aromatic heterocycles. The minimum Gasteiger partial charge on any atom is -0.756 e. The second kappa shape index (κ2) is 21.0. The molecule has 9 nitrogen and oxygen atoms in total. The molecule has 0 spiro atoms. The molecule has 2 unspecified atom stereocenters. The molecule has 0 aliphatic carbocycles. The van der Waals surface area contributed by atoms with Crippen LogP contribution in [0.1, 0.15) is 96.8 Å². The average Bonchev–Trinajstić information content (AvgIpc) is 2.77. The van der Waals surface area contributed by atoms with Crippen molar-refractivity contribution in [2.75, 3.05) is 26.4 Å². The molecule has 0 aromatic rings. The second-order valence-electron chi connectivity index (χ2n) is 8.20. The molecule has 0 radical (unpaired) electrons. The summed E-state index contributed by atoms with van der Waals surface area (Å²) in [5, 5.41) is 27.3. The van der Waals surface area contributed by atoms with Gasteiger partial charge >= 0.3 is 5.97 Å². The van der Waals surface area contributed by atoms with Gasteiger partial charge in [0.25, 0.3) is 7.82 Å². The predicted octanol–water partition coefficient (Wildman–Crippen LogP) is 3.23. The molecule has 192 valence electrons. The van der Waals surface area contributed by atoms with Gasteiger partial charge in [-0.25, -0.2) is 0 Å². The van der Waals surface area contributed by atoms with Gasteiger partial charge in [0.1, 0.15) is 18.8 Å². The lowest BCUT2D eigenvalue weighted by Crippen LogP contribution is -2.26. The first-order valence-electron chi connectivity index (χ1n) is 12.0. The summed E-state index contributed by atoms with van der Waals surface area (Å²) in [4.78, 5) is 23.1. The van der Waals surface area contributed by atoms with Crippen LogP contribution in [0.2, 0.25) is 0 Å². The van der Waals surface area contributed by atoms with Gasteiger partial charge in [-0.05, 0) is 6.42 Å². The second-order valence-corrected chi connectivity index (χ2v) is 9.62. The number of phosphoric ester groups is 1. The average molecular weight is 484 g/mol. The van der Waals surface area contributed by atoms with Gasteiger partial charge in [0.05, 0.1) is 19.8 Å². The lowest BCUT2D eigenvalue weighted by atomic mass is 10.0. The normalized spacial score (nSPS) is 15.3. The van der Waals surface area contributed by atoms with E-state index in [-0.39, 0.29) is 13.0 Å². The standard InChI is InChI=1S/C22H45O9P/c1-2-3-4-5-6-7-8-9-10-11-12-13-14-15-22(26)29-17-21(25)19-31-32(27,28)30-18-20(24)16-23/h20-21,23-25H,2-19H2,1H3,(H,27,28)/p-1/t20?,21-/m1/s1. The minimum absolute atomic E-state index is 0.257. The fourth-order valence-corrected chi connectivity index (χ4v) is 3.82. The van der Waals surface area contributed by atoms with Gasteiger partial charge in [-0.2, -0.15) is 0 Å². The summed E-state index contributed by atoms with van der Waals surface area (Å²) in [6, 6.07) is 0. The lowest BCUT2D eigenvalue weighted by molar-refractivity contribution is -0.229. The number of esters is 1. The highest BCUT2D eigenvalue weighted by molar-refractivity contribution is 7.45. The zero-order valence-electron chi connectivity index (χ0n) is 19.6. The fourth-order valence-electron chi connectivity index (χ4n) is 3.04. The van der Waals surface area contributed by atoms with Crippen LogP contribution in [0.3, 0.4) is 0 Å². The van der Waals surface area contributed by atoms with Crippen molar-refractivity contribution >= 4 is 13.8 Å². The Kier molecular flexibility index (Phi) is 20.7. The van der Waals surface area contributed by atoms with E-state index in [0.29, 0.717) is 0 Å². The summed E-state index contributed by atoms with van der Waals surface area (Å²) in [6.45, 7) is -0.0893. The lowest BCUT2D eigenvalue weighted by Gasteiger charge is -2.24. The monoisotopic (exact) mass is 483 g/mol. The maximum atomic E-state index is 11.7. The predicted molar refractivity (Wildman–Crippen MR) is 120 cm³/mol. The van der Waals surface area contributed by atoms with Crippen LogP contribution >= 0.6 is 7.82 Å². The first kappa shape index (κ1) is 31.5. The Morgan fingerprint density at radius 1 is 0.781 bits per heavy atom. The largest absolute Gasteiger partial charge is 0.756 e. The molecule has 3 N–H and O–H groups in total. The third-order valence-corrected chi connectivity index (χ3v) is 5.91. The molecule has 0 aliphatic rings. The van der Waals surface area contributed by atoms with Crippen molar-refractivity contribution in [3.63, 3.8) is 0 Å². The number of unbranched alkanes of at least 4 members (excludes halogenated alkanes) is 12. The van der Waals surface area contributed by atoms with Gasteiger partial charge < -0.3 is 34.0 Å². The van der Waals surface area contributed by atoms with Gasteiger partial charge in [0.15, 0.2) is 0 Å². The van der Waals surface area contributed by atoms with Crippen LogP contribution in [0, 0.1) is 0 Å². The van der Waals surface area contributed by atoms with Gasteiger partial charge in [-0.15, -0.1) is 0 Å². The molecule has 0 heterocycles. The number of ether oxygens (including phenoxy) is 1. The van der Waals surface area contributed by atoms with E-state index in [9.17, 15) is 19.4 Å². The van der Waals surface area contributed by atoms with Crippen LogP contribution in [-0.2, 0) is 23.1 Å². The Balaban J connectivity index is 3.54. The molecule has 10 heteroatoms. The Morgan fingerprint density at radius 3 is 1.69 bits per heavy atom. The molecule has 0 saturated carbocycles. The van der Waals surface area contributed by atoms with Crippen LogP contribution < -0.4 is 4.89 Å². The van der Waals surface area contributed by atoms with Crippen LogP contribution in [0.5, 0.6) is 0 Å². The summed E-state index contributed by atoms with van der Waals surface area (Å²) in [6.07, 6.45) is 13.4. The molecule has 0 bridgehead atoms. The van der Waals surface area contributed by atoms with E-state index in [4.69, 9.17) is 14.9 Å². The fraction of sp³-hybridized carbons (Fsp3) is 0.955. The molecule has 0 aromatic carbocycles. The van der Waals surface area contributed by atoms with E-state index in [1.807, 2.05) is 0 Å². The molecule has 0 saturated heterocycles. The number of hydrogen-bond donors (Lipinski definition) is 3. The molecule has 32 heavy (non-hydrogen) atoms. The number of phosphoric acid groups is 1. The smallest absolute Gasteiger partial charge is 0.305 e. The Labute approximate surface area is 193 Å². The first-order chi connectivity index (χ1) is 15.3. The molecule has 0 rings (SSSR count). The number of aliphatic hydroxyl groups excluding tert-OH is 3. The quantitative estimate of drug-likeness (QED) is 0.113. The van der Waals surface area contributed by atoms with Gasteiger partial charge in [-0.3, -0.25) is 9.36 Å². The zero-order valence-corrected chi connectivity index (χ0v) is 20.5. The van der Waals surface area contributed by atoms with Crippen molar-refractivity contribution in [2.45, 2.75) is 109 Å². The Bertz CT molecular complexity index is 490. The van der Waals surface area contributed by atoms with Crippen LogP contribution in [0.25, 0.3) is 0 Å². The highest BCUT2D eigenvalue weighted by Crippen LogP contribution is 2.38. The summed E-state index contributed by atoms with van der Waals surface area (Å²) in [5.41, 5.74) is 0. The van der Waals surface area contributed by atoms with Crippen molar-refractivity contribution < 1.29 is 43.4 Å². The van der Waals surface area contributed by atoms with Crippen molar-refractivity contribution in [2.24, 2.45) is 0 Å². The van der Waals surface area contributed by atoms with E-state index in [1.165, 1.54) is 64.2 Å². The van der Waals surface area contributed by atoms with Crippen molar-refractivity contribution in [3.8, 4) is 0 Å². The van der Waals surface area contributed by atoms with Crippen LogP contribution in [-0.4, -0.2) is 59.9 Å². The van der Waals surface area contributed by atoms with Crippen molar-refractivity contribution in [3.05, 3.63) is 0 Å². The third kappa shape index (κ3) is 21.3. The number of hydrogen-bond acceptors (Lipinski definition) is 9. The van der Waals surface area contributed by atoms with E-state index in [0.717, 1.165) is 19.3 Å². The summed E-state index contributed by atoms with van der Waals surface area (Å²) in [5.74, 6) is -0.445. The highest BCUT2D eigenvalue weighted by atomic mass is 31.2. The van der Waals surface area contributed by atoms with E-state index < -0.39 is 45.8 Å². The molecule has 0 fully saturated rings. The van der Waals surface area contributed by atoms with Gasteiger partial charge in [0, 0.05) is 6.42 Å². The van der Waals surface area contributed by atoms with Gasteiger partial charge in [0.2, 0.25) is 0 Å². The van der Waals surface area contributed by atoms with E-state index >= 15 is 0 Å². The number of rotatable bonds is 23. The summed E-state index contributed by atoms with van der Waals surface area (Å²) >= 11 is 0. The third-order valence-electron chi connectivity index (χ3n) is 4.98. The van der Waals surface area contributed by atoms with Crippen LogP contribution in [0.15, 0.2) is 0 Å². The van der Waals surface area contributed by atoms with Crippen LogP contribution in [0.4, 0.5) is 0 Å².